The van der Waals surface area contributed by atoms with Gasteiger partial charge >= 0.3 is 19.8 Å². The number of amides is 1. The number of carbonyl (C=O) groups excluding carboxylic acids is 2. The number of nitrogens with one attached hydrogen (secondary N) is 1. The number of aromatic carboxylic acids is 1. The lowest BCUT2D eigenvalue weighted by atomic mass is 9.89. The summed E-state index contributed by atoms with van der Waals surface area (Å²) in [5.41, 5.74) is 10.3. The molecule has 1 saturated heterocycles. The molecule has 0 bridgehead atoms. The zero-order valence-electron chi connectivity index (χ0n) is 37.3. The van der Waals surface area contributed by atoms with Gasteiger partial charge in [0.25, 0.3) is 5.91 Å². The van der Waals surface area contributed by atoms with Gasteiger partial charge in [-0.05, 0) is 48.7 Å². The summed E-state index contributed by atoms with van der Waals surface area (Å²) in [6.07, 6.45) is 6.36. The third kappa shape index (κ3) is 11.2. The average Bonchev–Trinajstić information content (AvgIpc) is 3.89. The molecule has 350 valence electrons. The zero-order chi connectivity index (χ0) is 47.1. The summed E-state index contributed by atoms with van der Waals surface area (Å²) >= 11 is 0. The number of hydrogen-bond donors (Lipinski definition) is 4. The van der Waals surface area contributed by atoms with E-state index in [4.69, 9.17) is 19.4 Å². The highest BCUT2D eigenvalue weighted by atomic mass is 31.2. The number of carbonyl (C=O) groups is 3. The van der Waals surface area contributed by atoms with Gasteiger partial charge in [-0.1, -0.05) is 44.6 Å². The van der Waals surface area contributed by atoms with E-state index in [1.165, 1.54) is 18.7 Å². The van der Waals surface area contributed by atoms with Crippen LogP contribution in [0.5, 0.6) is 0 Å². The number of rotatable bonds is 20. The molecule has 66 heavy (non-hydrogen) atoms. The number of anilines is 2. The number of carboxylic acids is 1. The highest BCUT2D eigenvalue weighted by Gasteiger charge is 2.37. The van der Waals surface area contributed by atoms with Crippen LogP contribution in [0.1, 0.15) is 91.2 Å². The fourth-order valence-electron chi connectivity index (χ4n) is 8.03. The van der Waals surface area contributed by atoms with Crippen molar-refractivity contribution >= 4 is 59.3 Å². The van der Waals surface area contributed by atoms with E-state index >= 15 is 0 Å². The third-order valence-electron chi connectivity index (χ3n) is 11.6. The Morgan fingerprint density at radius 3 is 2.42 bits per heavy atom. The number of hydrogen-bond acceptors (Lipinski definition) is 15. The fourth-order valence-corrected chi connectivity index (χ4v) is 8.75. The van der Waals surface area contributed by atoms with Gasteiger partial charge in [-0.15, -0.1) is 0 Å². The number of ether oxygens (including phenoxy) is 1. The summed E-state index contributed by atoms with van der Waals surface area (Å²) in [6, 6.07) is 16.4. The minimum absolute atomic E-state index is 0.00656. The van der Waals surface area contributed by atoms with Gasteiger partial charge in [-0.25, -0.2) is 24.3 Å². The van der Waals surface area contributed by atoms with Crippen LogP contribution < -0.4 is 30.8 Å². The van der Waals surface area contributed by atoms with Crippen molar-refractivity contribution in [3.8, 4) is 22.5 Å². The SMILES string of the molecule is CN(C)c1ccc2c(-c3ccc(C(=O)NCCCCCCCCCCC(=O)OP(=O)([O-])OCC4OC(n5cnc6c(N)ncnc65)CC4O)cc3C(=O)O)c3ccc(=[N+](C)C)cc-3oc2c1. The molecule has 1 fully saturated rings. The number of imidazole rings is 1. The van der Waals surface area contributed by atoms with Crippen LogP contribution in [-0.2, 0) is 23.1 Å². The number of nitrogens with two attached hydrogens (primary N) is 1. The molecule has 3 aliphatic rings. The molecule has 1 amide bonds. The van der Waals surface area contributed by atoms with Gasteiger partial charge in [0.05, 0.1) is 30.7 Å². The number of phosphoric ester groups is 1. The van der Waals surface area contributed by atoms with Crippen molar-refractivity contribution in [3.63, 3.8) is 0 Å². The van der Waals surface area contributed by atoms with E-state index in [9.17, 15) is 34.1 Å². The fraction of sp³-hybridized carbons (Fsp3) is 0.413. The van der Waals surface area contributed by atoms with Crippen molar-refractivity contribution in [2.75, 3.05) is 52.0 Å². The van der Waals surface area contributed by atoms with Gasteiger partial charge < -0.3 is 49.3 Å². The Balaban J connectivity index is 0.807. The largest absolute Gasteiger partial charge is 0.746 e. The molecular weight excluding hydrogens is 872 g/mol. The number of aromatic nitrogens is 4. The van der Waals surface area contributed by atoms with Crippen LogP contribution in [0.4, 0.5) is 11.5 Å². The molecule has 0 spiro atoms. The highest BCUT2D eigenvalue weighted by molar-refractivity contribution is 7.46. The second-order valence-corrected chi connectivity index (χ2v) is 18.1. The molecule has 7 rings (SSSR count). The predicted octanol–water partition coefficient (Wildman–Crippen LogP) is 5.34. The van der Waals surface area contributed by atoms with Crippen LogP contribution in [0.2, 0.25) is 0 Å². The van der Waals surface area contributed by atoms with Gasteiger partial charge in [0.15, 0.2) is 11.5 Å². The smallest absolute Gasteiger partial charge is 0.336 e. The van der Waals surface area contributed by atoms with Gasteiger partial charge in [0.1, 0.15) is 49.6 Å². The van der Waals surface area contributed by atoms with Crippen molar-refractivity contribution < 1.29 is 52.3 Å². The van der Waals surface area contributed by atoms with Crippen LogP contribution in [0, 0.1) is 0 Å². The maximum absolute atomic E-state index is 13.2. The van der Waals surface area contributed by atoms with E-state index in [2.05, 4.69) is 24.8 Å². The van der Waals surface area contributed by atoms with Crippen molar-refractivity contribution in [2.24, 2.45) is 0 Å². The van der Waals surface area contributed by atoms with E-state index in [-0.39, 0.29) is 35.7 Å². The zero-order valence-corrected chi connectivity index (χ0v) is 38.2. The minimum atomic E-state index is -5.00. The van der Waals surface area contributed by atoms with E-state index < -0.39 is 44.8 Å². The van der Waals surface area contributed by atoms with E-state index in [0.717, 1.165) is 60.5 Å². The average molecular weight is 927 g/mol. The number of carboxylic acid groups (broad SMARTS) is 1. The number of aliphatic hydroxyl groups excluding tert-OH is 1. The predicted molar refractivity (Wildman–Crippen MR) is 244 cm³/mol. The first kappa shape index (κ1) is 47.7. The molecule has 2 aromatic heterocycles. The molecule has 2 aromatic carbocycles. The number of aliphatic hydroxyl groups is 1. The Labute approximate surface area is 380 Å². The first-order chi connectivity index (χ1) is 31.6. The second kappa shape index (κ2) is 20.9. The number of benzene rings is 3. The number of unbranched alkanes of at least 4 members (excludes halogenated alkanes) is 7. The number of fused-ring (bicyclic) bond motifs is 3. The summed E-state index contributed by atoms with van der Waals surface area (Å²) in [7, 11) is 2.75. The quantitative estimate of drug-likeness (QED) is 0.0326. The molecule has 5 N–H and O–H groups in total. The standard InChI is InChI=1S/C46H55N8O11P/c1-52(2)29-15-18-32-36(22-29)63-37-23-30(53(3)4)16-19-33(37)41(32)31-17-14-28(21-34(31)46(58)59)45(57)48-20-12-10-8-6-5-7-9-11-13-40(56)65-66(60,61)62-25-38-35(55)24-39(64-38)54-27-51-42-43(47)49-26-50-44(42)54/h14-19,21-23,26-27,35,38-39,55H,5-13,20,24-25H2,1-4H3,(H4-,47,48,49,50,57,58,59,60,61). The molecule has 1 aliphatic carbocycles. The van der Waals surface area contributed by atoms with Gasteiger partial charge in [-0.3, -0.25) is 18.7 Å². The molecule has 2 aliphatic heterocycles. The maximum Gasteiger partial charge on any atom is 0.336 e. The van der Waals surface area contributed by atoms with E-state index in [1.54, 1.807) is 16.7 Å². The van der Waals surface area contributed by atoms with Crippen LogP contribution in [0.15, 0.2) is 71.7 Å². The minimum Gasteiger partial charge on any atom is -0.746 e. The number of phosphoric acid groups is 1. The molecule has 20 heteroatoms. The molecule has 0 saturated carbocycles. The molecule has 4 heterocycles. The summed E-state index contributed by atoms with van der Waals surface area (Å²) in [6.45, 7) is -0.122. The molecule has 4 aromatic rings. The van der Waals surface area contributed by atoms with Gasteiger partial charge in [0, 0.05) is 73.4 Å². The summed E-state index contributed by atoms with van der Waals surface area (Å²) in [5.74, 6) is -1.64. The monoisotopic (exact) mass is 926 g/mol. The van der Waals surface area contributed by atoms with Crippen LogP contribution in [-0.4, -0.2) is 101 Å². The maximum atomic E-state index is 13.2. The van der Waals surface area contributed by atoms with Crippen molar-refractivity contribution in [3.05, 3.63) is 83.7 Å². The van der Waals surface area contributed by atoms with Crippen molar-refractivity contribution in [1.82, 2.24) is 29.4 Å². The number of nitrogen functional groups attached to an aromatic ring is 1. The van der Waals surface area contributed by atoms with Crippen LogP contribution >= 0.6 is 7.82 Å². The van der Waals surface area contributed by atoms with E-state index in [0.29, 0.717) is 53.0 Å². The van der Waals surface area contributed by atoms with Gasteiger partial charge in [0.2, 0.25) is 5.36 Å². The Bertz CT molecular complexity index is 2820. The Morgan fingerprint density at radius 1 is 0.970 bits per heavy atom. The van der Waals surface area contributed by atoms with Crippen LogP contribution in [0.3, 0.4) is 0 Å². The molecular formula is C46H55N8O11P. The third-order valence-corrected chi connectivity index (χ3v) is 12.5. The lowest BCUT2D eigenvalue weighted by Gasteiger charge is -2.24. The summed E-state index contributed by atoms with van der Waals surface area (Å²) < 4.78 is 37.6. The highest BCUT2D eigenvalue weighted by Crippen LogP contribution is 2.43. The lowest BCUT2D eigenvalue weighted by Crippen LogP contribution is -2.27. The van der Waals surface area contributed by atoms with Gasteiger partial charge in [-0.2, -0.15) is 0 Å². The molecule has 4 unspecified atom stereocenters. The van der Waals surface area contributed by atoms with E-state index in [1.807, 2.05) is 74.1 Å². The normalized spacial score (nSPS) is 17.0. The first-order valence-corrected chi connectivity index (χ1v) is 23.3. The second-order valence-electron chi connectivity index (χ2n) is 16.7. The molecule has 0 radical (unpaired) electrons. The Morgan fingerprint density at radius 2 is 1.70 bits per heavy atom. The van der Waals surface area contributed by atoms with Crippen molar-refractivity contribution in [2.45, 2.75) is 82.6 Å². The Kier molecular flexibility index (Phi) is 15.1. The summed E-state index contributed by atoms with van der Waals surface area (Å²) in [5, 5.41) is 25.5. The first-order valence-electron chi connectivity index (χ1n) is 21.9. The summed E-state index contributed by atoms with van der Waals surface area (Å²) in [4.78, 5) is 64.8. The molecule has 19 nitrogen and oxygen atoms in total. The number of nitrogens with zero attached hydrogens (tertiary/aromatic N) is 6. The lowest BCUT2D eigenvalue weighted by molar-refractivity contribution is -0.227. The van der Waals surface area contributed by atoms with Crippen LogP contribution in [0.25, 0.3) is 44.6 Å². The van der Waals surface area contributed by atoms with Crippen molar-refractivity contribution in [1.29, 1.82) is 0 Å². The Hall–Kier alpha value is -6.24. The topological polar surface area (TPSA) is 261 Å². The molecule has 4 atom stereocenters.